The number of nitrogens with one attached hydrogen (secondary N) is 2. The average molecular weight is 226 g/mol. The van der Waals surface area contributed by atoms with E-state index in [1.54, 1.807) is 0 Å². The van der Waals surface area contributed by atoms with E-state index in [2.05, 4.69) is 14.7 Å². The van der Waals surface area contributed by atoms with E-state index in [0.717, 1.165) is 11.3 Å². The number of methoxy groups -OCH3 is 1. The third kappa shape index (κ3) is 1.57. The molecular formula is C8H6N2O4S. The van der Waals surface area contributed by atoms with E-state index in [4.69, 9.17) is 0 Å². The minimum Gasteiger partial charge on any atom is -0.465 e. The Morgan fingerprint density at radius 1 is 1.40 bits per heavy atom. The van der Waals surface area contributed by atoms with Gasteiger partial charge in [0.1, 0.15) is 9.71 Å². The number of thiophene rings is 1. The van der Waals surface area contributed by atoms with Crippen LogP contribution in [-0.4, -0.2) is 23.0 Å². The molecule has 0 unspecified atom stereocenters. The number of fused-ring (bicyclic) bond motifs is 1. The third-order valence-electron chi connectivity index (χ3n) is 1.82. The maximum Gasteiger partial charge on any atom is 0.348 e. The highest BCUT2D eigenvalue weighted by Gasteiger charge is 2.12. The molecule has 6 nitrogen and oxygen atoms in total. The lowest BCUT2D eigenvalue weighted by Crippen LogP contribution is -2.20. The molecule has 2 heterocycles. The van der Waals surface area contributed by atoms with Crippen LogP contribution in [0.15, 0.2) is 15.7 Å². The standard InChI is InChI=1S/C8H6N2O4S/c1-14-7(12)4-2-3-5(11)9-8(13)10-6(3)15-4/h2H,1H3,(H2,9,10,11,13). The maximum absolute atomic E-state index is 11.3. The van der Waals surface area contributed by atoms with Gasteiger partial charge in [0.2, 0.25) is 0 Å². The number of rotatable bonds is 1. The van der Waals surface area contributed by atoms with Crippen LogP contribution in [0.3, 0.4) is 0 Å². The fourth-order valence-corrected chi connectivity index (χ4v) is 2.13. The summed E-state index contributed by atoms with van der Waals surface area (Å²) >= 11 is 1.01. The lowest BCUT2D eigenvalue weighted by molar-refractivity contribution is 0.0606. The van der Waals surface area contributed by atoms with E-state index in [1.165, 1.54) is 13.2 Å². The molecule has 2 aromatic heterocycles. The first-order chi connectivity index (χ1) is 7.11. The molecule has 0 aliphatic rings. The highest BCUT2D eigenvalue weighted by Crippen LogP contribution is 2.20. The summed E-state index contributed by atoms with van der Waals surface area (Å²) in [4.78, 5) is 38.5. The fourth-order valence-electron chi connectivity index (χ4n) is 1.16. The Morgan fingerprint density at radius 3 is 2.80 bits per heavy atom. The zero-order valence-corrected chi connectivity index (χ0v) is 8.44. The highest BCUT2D eigenvalue weighted by atomic mass is 32.1. The van der Waals surface area contributed by atoms with Crippen LogP contribution in [0.1, 0.15) is 9.67 Å². The van der Waals surface area contributed by atoms with Gasteiger partial charge in [-0.25, -0.2) is 9.59 Å². The van der Waals surface area contributed by atoms with Gasteiger partial charge in [0.25, 0.3) is 5.56 Å². The Hall–Kier alpha value is -1.89. The number of ether oxygens (including phenoxy) is 1. The molecule has 7 heteroatoms. The summed E-state index contributed by atoms with van der Waals surface area (Å²) in [5.74, 6) is -0.531. The van der Waals surface area contributed by atoms with Gasteiger partial charge >= 0.3 is 11.7 Å². The van der Waals surface area contributed by atoms with E-state index in [9.17, 15) is 14.4 Å². The number of aromatic nitrogens is 2. The Balaban J connectivity index is 2.76. The molecule has 0 atom stereocenters. The van der Waals surface area contributed by atoms with Crippen LogP contribution < -0.4 is 11.2 Å². The summed E-state index contributed by atoms with van der Waals surface area (Å²) in [6, 6.07) is 1.39. The molecule has 78 valence electrons. The second kappa shape index (κ2) is 3.35. The van der Waals surface area contributed by atoms with Crippen molar-refractivity contribution in [3.05, 3.63) is 31.8 Å². The minimum atomic E-state index is -0.592. The second-order valence-electron chi connectivity index (χ2n) is 2.75. The largest absolute Gasteiger partial charge is 0.465 e. The molecule has 0 bridgehead atoms. The molecule has 2 rings (SSSR count). The van der Waals surface area contributed by atoms with Gasteiger partial charge in [-0.2, -0.15) is 0 Å². The summed E-state index contributed by atoms with van der Waals surface area (Å²) < 4.78 is 4.50. The van der Waals surface area contributed by atoms with Gasteiger partial charge in [-0.15, -0.1) is 11.3 Å². The van der Waals surface area contributed by atoms with Crippen molar-refractivity contribution in [3.63, 3.8) is 0 Å². The first-order valence-electron chi connectivity index (χ1n) is 3.96. The Kier molecular flexibility index (Phi) is 2.16. The number of esters is 1. The predicted molar refractivity (Wildman–Crippen MR) is 54.4 cm³/mol. The van der Waals surface area contributed by atoms with Crippen LogP contribution in [0.2, 0.25) is 0 Å². The van der Waals surface area contributed by atoms with Crippen molar-refractivity contribution in [2.45, 2.75) is 0 Å². The van der Waals surface area contributed by atoms with Gasteiger partial charge in [-0.05, 0) is 6.07 Å². The maximum atomic E-state index is 11.3. The molecule has 0 saturated carbocycles. The van der Waals surface area contributed by atoms with Crippen LogP contribution >= 0.6 is 11.3 Å². The van der Waals surface area contributed by atoms with Gasteiger partial charge in [-0.1, -0.05) is 0 Å². The van der Waals surface area contributed by atoms with E-state index in [0.29, 0.717) is 4.83 Å². The first kappa shape index (κ1) is 9.66. The smallest absolute Gasteiger partial charge is 0.348 e. The molecular weight excluding hydrogens is 220 g/mol. The molecule has 0 radical (unpaired) electrons. The van der Waals surface area contributed by atoms with Gasteiger partial charge < -0.3 is 4.74 Å². The van der Waals surface area contributed by atoms with Crippen molar-refractivity contribution in [1.82, 2.24) is 9.97 Å². The lowest BCUT2D eigenvalue weighted by Gasteiger charge is -1.90. The Bertz CT molecular complexity index is 636. The summed E-state index contributed by atoms with van der Waals surface area (Å²) in [6.45, 7) is 0. The van der Waals surface area contributed by atoms with Crippen molar-refractivity contribution in [1.29, 1.82) is 0 Å². The molecule has 0 fully saturated rings. The highest BCUT2D eigenvalue weighted by molar-refractivity contribution is 7.20. The summed E-state index contributed by atoms with van der Waals surface area (Å²) in [7, 11) is 1.25. The minimum absolute atomic E-state index is 0.278. The molecule has 0 aliphatic carbocycles. The zero-order chi connectivity index (χ0) is 11.0. The fraction of sp³-hybridized carbons (Fsp3) is 0.125. The van der Waals surface area contributed by atoms with Gasteiger partial charge in [0, 0.05) is 0 Å². The summed E-state index contributed by atoms with van der Waals surface area (Å²) in [5, 5.41) is 0.278. The number of carbonyl (C=O) groups excluding carboxylic acids is 1. The van der Waals surface area contributed by atoms with Crippen molar-refractivity contribution in [3.8, 4) is 0 Å². The van der Waals surface area contributed by atoms with E-state index in [1.807, 2.05) is 0 Å². The van der Waals surface area contributed by atoms with Crippen LogP contribution in [0.25, 0.3) is 10.2 Å². The van der Waals surface area contributed by atoms with Gasteiger partial charge in [-0.3, -0.25) is 14.8 Å². The van der Waals surface area contributed by atoms with Crippen molar-refractivity contribution in [2.75, 3.05) is 7.11 Å². The molecule has 0 aromatic carbocycles. The predicted octanol–water partition coefficient (Wildman–Crippen LogP) is 0.0645. The Morgan fingerprint density at radius 2 is 2.13 bits per heavy atom. The number of H-pyrrole nitrogens is 2. The molecule has 0 aliphatic heterocycles. The normalized spacial score (nSPS) is 10.5. The van der Waals surface area contributed by atoms with Crippen molar-refractivity contribution in [2.24, 2.45) is 0 Å². The van der Waals surface area contributed by atoms with Crippen LogP contribution in [-0.2, 0) is 4.74 Å². The first-order valence-corrected chi connectivity index (χ1v) is 4.78. The summed E-state index contributed by atoms with van der Waals surface area (Å²) in [5.41, 5.74) is -1.11. The average Bonchev–Trinajstić information content (AvgIpc) is 2.60. The van der Waals surface area contributed by atoms with Crippen LogP contribution in [0, 0.1) is 0 Å². The number of hydrogen-bond acceptors (Lipinski definition) is 5. The second-order valence-corrected chi connectivity index (χ2v) is 3.81. The quantitative estimate of drug-likeness (QED) is 0.673. The molecule has 2 aromatic rings. The molecule has 0 saturated heterocycles. The molecule has 15 heavy (non-hydrogen) atoms. The third-order valence-corrected chi connectivity index (χ3v) is 2.85. The lowest BCUT2D eigenvalue weighted by atomic mass is 10.3. The van der Waals surface area contributed by atoms with E-state index in [-0.39, 0.29) is 10.3 Å². The topological polar surface area (TPSA) is 92.0 Å². The zero-order valence-electron chi connectivity index (χ0n) is 7.62. The number of hydrogen-bond donors (Lipinski definition) is 2. The molecule has 2 N–H and O–H groups in total. The van der Waals surface area contributed by atoms with Crippen LogP contribution in [0.5, 0.6) is 0 Å². The number of aromatic amines is 2. The van der Waals surface area contributed by atoms with Gasteiger partial charge in [0.15, 0.2) is 0 Å². The van der Waals surface area contributed by atoms with Gasteiger partial charge in [0.05, 0.1) is 12.5 Å². The monoisotopic (exact) mass is 226 g/mol. The van der Waals surface area contributed by atoms with Crippen LogP contribution in [0.4, 0.5) is 0 Å². The molecule has 0 spiro atoms. The van der Waals surface area contributed by atoms with E-state index >= 15 is 0 Å². The molecule has 0 amide bonds. The van der Waals surface area contributed by atoms with Crippen molar-refractivity contribution < 1.29 is 9.53 Å². The Labute approximate surface area is 86.5 Å². The number of carbonyl (C=O) groups is 1. The van der Waals surface area contributed by atoms with E-state index < -0.39 is 17.2 Å². The van der Waals surface area contributed by atoms with Crippen molar-refractivity contribution >= 4 is 27.5 Å². The SMILES string of the molecule is COC(=O)c1cc2c(=O)[nH]c(=O)[nH]c2s1. The summed E-state index contributed by atoms with van der Waals surface area (Å²) in [6.07, 6.45) is 0.